The van der Waals surface area contributed by atoms with Crippen LogP contribution in [0.2, 0.25) is 5.02 Å². The second-order valence-corrected chi connectivity index (χ2v) is 7.48. The molecular weight excluding hydrogens is 426 g/mol. The Labute approximate surface area is 189 Å². The number of amides is 1. The minimum Gasteiger partial charge on any atom is -0.444 e. The van der Waals surface area contributed by atoms with E-state index in [2.05, 4.69) is 10.3 Å². The molecule has 32 heavy (non-hydrogen) atoms. The third-order valence-electron chi connectivity index (χ3n) is 5.03. The zero-order valence-electron chi connectivity index (χ0n) is 16.8. The second kappa shape index (κ2) is 9.38. The topological polar surface area (TPSA) is 95.0 Å². The fourth-order valence-corrected chi connectivity index (χ4v) is 3.57. The Morgan fingerprint density at radius 2 is 1.75 bits per heavy atom. The molecule has 0 bridgehead atoms. The highest BCUT2D eigenvalue weighted by Gasteiger charge is 2.26. The van der Waals surface area contributed by atoms with E-state index < -0.39 is 18.0 Å². The quantitative estimate of drug-likeness (QED) is 0.414. The van der Waals surface area contributed by atoms with E-state index in [9.17, 15) is 9.59 Å². The summed E-state index contributed by atoms with van der Waals surface area (Å²) in [6.07, 6.45) is 0.619. The standard InChI is InChI=1S/C25H18ClN3O3/c26-21-7-3-1-6-20(21)25(31)32-23(17-11-9-16(13-27)10-12-17)24(30)29-15-18-14-28-22-8-4-2-5-19(18)22/h1-12,14,23,28H,15H2,(H,29,30). The third kappa shape index (κ3) is 4.48. The van der Waals surface area contributed by atoms with Crippen LogP contribution in [0.4, 0.5) is 0 Å². The van der Waals surface area contributed by atoms with Crippen molar-refractivity contribution in [2.45, 2.75) is 12.6 Å². The summed E-state index contributed by atoms with van der Waals surface area (Å²) in [5.41, 5.74) is 2.91. The average molecular weight is 444 g/mol. The van der Waals surface area contributed by atoms with Gasteiger partial charge in [-0.25, -0.2) is 4.79 Å². The number of carbonyl (C=O) groups excluding carboxylic acids is 2. The molecule has 1 unspecified atom stereocenters. The normalized spacial score (nSPS) is 11.5. The van der Waals surface area contributed by atoms with E-state index in [1.165, 1.54) is 6.07 Å². The maximum absolute atomic E-state index is 13.1. The molecule has 4 rings (SSSR count). The number of para-hydroxylation sites is 1. The van der Waals surface area contributed by atoms with Gasteiger partial charge in [-0.3, -0.25) is 4.79 Å². The first kappa shape index (κ1) is 21.2. The molecule has 0 spiro atoms. The van der Waals surface area contributed by atoms with Crippen molar-refractivity contribution in [3.8, 4) is 6.07 Å². The number of hydrogen-bond acceptors (Lipinski definition) is 4. The van der Waals surface area contributed by atoms with E-state index in [-0.39, 0.29) is 17.1 Å². The summed E-state index contributed by atoms with van der Waals surface area (Å²) in [4.78, 5) is 29.0. The molecule has 7 heteroatoms. The van der Waals surface area contributed by atoms with Gasteiger partial charge in [-0.05, 0) is 35.9 Å². The molecule has 4 aromatic rings. The number of nitrogens with one attached hydrogen (secondary N) is 2. The molecule has 0 saturated carbocycles. The van der Waals surface area contributed by atoms with Gasteiger partial charge in [0.2, 0.25) is 6.10 Å². The highest BCUT2D eigenvalue weighted by Crippen LogP contribution is 2.24. The number of rotatable bonds is 6. The van der Waals surface area contributed by atoms with Crippen LogP contribution in [-0.4, -0.2) is 16.9 Å². The summed E-state index contributed by atoms with van der Waals surface area (Å²) in [7, 11) is 0. The summed E-state index contributed by atoms with van der Waals surface area (Å²) >= 11 is 6.11. The van der Waals surface area contributed by atoms with Crippen molar-refractivity contribution in [2.24, 2.45) is 0 Å². The summed E-state index contributed by atoms with van der Waals surface area (Å²) in [6.45, 7) is 0.249. The van der Waals surface area contributed by atoms with Gasteiger partial charge in [0, 0.05) is 29.2 Å². The molecule has 1 aromatic heterocycles. The smallest absolute Gasteiger partial charge is 0.340 e. The second-order valence-electron chi connectivity index (χ2n) is 7.08. The Morgan fingerprint density at radius 3 is 2.50 bits per heavy atom. The first-order chi connectivity index (χ1) is 15.6. The predicted molar refractivity (Wildman–Crippen MR) is 121 cm³/mol. The monoisotopic (exact) mass is 443 g/mol. The van der Waals surface area contributed by atoms with Crippen LogP contribution in [0.5, 0.6) is 0 Å². The van der Waals surface area contributed by atoms with Crippen LogP contribution in [0.15, 0.2) is 79.0 Å². The number of esters is 1. The molecule has 0 aliphatic heterocycles. The van der Waals surface area contributed by atoms with Crippen LogP contribution >= 0.6 is 11.6 Å². The number of hydrogen-bond donors (Lipinski definition) is 2. The van der Waals surface area contributed by atoms with E-state index >= 15 is 0 Å². The van der Waals surface area contributed by atoms with Gasteiger partial charge >= 0.3 is 5.97 Å². The number of aromatic nitrogens is 1. The highest BCUT2D eigenvalue weighted by molar-refractivity contribution is 6.33. The first-order valence-corrected chi connectivity index (χ1v) is 10.2. The molecule has 3 aromatic carbocycles. The van der Waals surface area contributed by atoms with Crippen molar-refractivity contribution in [1.29, 1.82) is 5.26 Å². The fourth-order valence-electron chi connectivity index (χ4n) is 3.36. The Hall–Kier alpha value is -4.08. The molecule has 0 fully saturated rings. The lowest BCUT2D eigenvalue weighted by molar-refractivity contribution is -0.130. The molecule has 0 aliphatic rings. The molecule has 1 heterocycles. The van der Waals surface area contributed by atoms with Gasteiger partial charge in [-0.2, -0.15) is 5.26 Å². The van der Waals surface area contributed by atoms with Gasteiger partial charge in [0.05, 0.1) is 22.2 Å². The lowest BCUT2D eigenvalue weighted by Crippen LogP contribution is -2.32. The van der Waals surface area contributed by atoms with Gasteiger partial charge < -0.3 is 15.0 Å². The zero-order chi connectivity index (χ0) is 22.5. The van der Waals surface area contributed by atoms with E-state index in [0.29, 0.717) is 11.1 Å². The van der Waals surface area contributed by atoms with Crippen molar-refractivity contribution in [3.05, 3.63) is 106 Å². The number of benzene rings is 3. The molecule has 0 saturated heterocycles. The molecule has 0 radical (unpaired) electrons. The van der Waals surface area contributed by atoms with Gasteiger partial charge in [0.25, 0.3) is 5.91 Å². The molecular formula is C25H18ClN3O3. The van der Waals surface area contributed by atoms with Crippen LogP contribution in [0.3, 0.4) is 0 Å². The molecule has 2 N–H and O–H groups in total. The van der Waals surface area contributed by atoms with Gasteiger partial charge in [0.1, 0.15) is 0 Å². The van der Waals surface area contributed by atoms with Gasteiger partial charge in [0.15, 0.2) is 0 Å². The van der Waals surface area contributed by atoms with E-state index in [1.54, 1.807) is 42.5 Å². The van der Waals surface area contributed by atoms with E-state index in [1.807, 2.05) is 36.5 Å². The molecule has 0 aliphatic carbocycles. The Balaban J connectivity index is 1.57. The van der Waals surface area contributed by atoms with Crippen LogP contribution in [-0.2, 0) is 16.1 Å². The van der Waals surface area contributed by atoms with Crippen LogP contribution < -0.4 is 5.32 Å². The molecule has 158 valence electrons. The SMILES string of the molecule is N#Cc1ccc(C(OC(=O)c2ccccc2Cl)C(=O)NCc2c[nH]c3ccccc23)cc1. The number of carbonyl (C=O) groups is 2. The molecule has 6 nitrogen and oxygen atoms in total. The lowest BCUT2D eigenvalue weighted by atomic mass is 10.1. The maximum atomic E-state index is 13.1. The van der Waals surface area contributed by atoms with E-state index in [0.717, 1.165) is 16.5 Å². The number of aromatic amines is 1. The number of nitrogens with zero attached hydrogens (tertiary/aromatic N) is 1. The van der Waals surface area contributed by atoms with Crippen molar-refractivity contribution in [2.75, 3.05) is 0 Å². The zero-order valence-corrected chi connectivity index (χ0v) is 17.6. The maximum Gasteiger partial charge on any atom is 0.340 e. The third-order valence-corrected chi connectivity index (χ3v) is 5.36. The largest absolute Gasteiger partial charge is 0.444 e. The van der Waals surface area contributed by atoms with Crippen molar-refractivity contribution < 1.29 is 14.3 Å². The van der Waals surface area contributed by atoms with Crippen LogP contribution in [0, 0.1) is 11.3 Å². The number of fused-ring (bicyclic) bond motifs is 1. The predicted octanol–water partition coefficient (Wildman–Crippen LogP) is 4.91. The number of nitriles is 1. The summed E-state index contributed by atoms with van der Waals surface area (Å²) in [6, 6.07) is 22.6. The number of H-pyrrole nitrogens is 1. The van der Waals surface area contributed by atoms with Crippen molar-refractivity contribution in [3.63, 3.8) is 0 Å². The molecule has 1 atom stereocenters. The summed E-state index contributed by atoms with van der Waals surface area (Å²) < 4.78 is 5.57. The van der Waals surface area contributed by atoms with Gasteiger partial charge in [-0.1, -0.05) is 54.1 Å². The van der Waals surface area contributed by atoms with Crippen LogP contribution in [0.1, 0.15) is 33.2 Å². The Bertz CT molecular complexity index is 1320. The van der Waals surface area contributed by atoms with E-state index in [4.69, 9.17) is 21.6 Å². The van der Waals surface area contributed by atoms with Gasteiger partial charge in [-0.15, -0.1) is 0 Å². The lowest BCUT2D eigenvalue weighted by Gasteiger charge is -2.18. The Morgan fingerprint density at radius 1 is 1.03 bits per heavy atom. The van der Waals surface area contributed by atoms with Crippen molar-refractivity contribution in [1.82, 2.24) is 10.3 Å². The highest BCUT2D eigenvalue weighted by atomic mass is 35.5. The minimum absolute atomic E-state index is 0.164. The van der Waals surface area contributed by atoms with Crippen molar-refractivity contribution >= 4 is 34.4 Å². The fraction of sp³-hybridized carbons (Fsp3) is 0.0800. The minimum atomic E-state index is -1.21. The first-order valence-electron chi connectivity index (χ1n) is 9.85. The van der Waals surface area contributed by atoms with Crippen LogP contribution in [0.25, 0.3) is 10.9 Å². The number of halogens is 1. The number of ether oxygens (including phenoxy) is 1. The molecule has 1 amide bonds. The summed E-state index contributed by atoms with van der Waals surface area (Å²) in [5.74, 6) is -1.20. The average Bonchev–Trinajstić information content (AvgIpc) is 3.24. The summed E-state index contributed by atoms with van der Waals surface area (Å²) in [5, 5.41) is 13.1. The Kier molecular flexibility index (Phi) is 6.20.